The minimum atomic E-state index is -3.43. The molecule has 0 saturated carbocycles. The van der Waals surface area contributed by atoms with Gasteiger partial charge in [0.25, 0.3) is 5.56 Å². The van der Waals surface area contributed by atoms with Crippen LogP contribution in [0.2, 0.25) is 0 Å². The first-order valence-electron chi connectivity index (χ1n) is 6.79. The summed E-state index contributed by atoms with van der Waals surface area (Å²) in [6.45, 7) is 0.308. The lowest BCUT2D eigenvalue weighted by Gasteiger charge is -2.17. The van der Waals surface area contributed by atoms with Crippen molar-refractivity contribution < 1.29 is 18.3 Å². The number of nitrogens with zero attached hydrogens (tertiary/aromatic N) is 1. The molecule has 23 heavy (non-hydrogen) atoms. The van der Waals surface area contributed by atoms with Gasteiger partial charge in [0, 0.05) is 19.4 Å². The normalized spacial score (nSPS) is 13.4. The van der Waals surface area contributed by atoms with E-state index in [2.05, 4.69) is 4.98 Å². The summed E-state index contributed by atoms with van der Waals surface area (Å²) in [4.78, 5) is 24.6. The Balaban J connectivity index is 1.87. The van der Waals surface area contributed by atoms with Crippen LogP contribution in [-0.2, 0) is 20.4 Å². The second-order valence-electron chi connectivity index (χ2n) is 4.54. The van der Waals surface area contributed by atoms with Crippen molar-refractivity contribution in [2.45, 2.75) is 6.54 Å². The molecule has 1 heterocycles. The first kappa shape index (κ1) is 17.2. The van der Waals surface area contributed by atoms with Gasteiger partial charge in [0.15, 0.2) is 6.35 Å². The lowest BCUT2D eigenvalue weighted by atomic mass is 10.3. The van der Waals surface area contributed by atoms with Crippen molar-refractivity contribution in [1.82, 2.24) is 9.55 Å². The first-order chi connectivity index (χ1) is 11.0. The van der Waals surface area contributed by atoms with Gasteiger partial charge in [0.2, 0.25) is 0 Å². The highest BCUT2D eigenvalue weighted by Crippen LogP contribution is 2.47. The highest BCUT2D eigenvalue weighted by Gasteiger charge is 2.25. The summed E-state index contributed by atoms with van der Waals surface area (Å²) in [6.07, 6.45) is 1.11. The number of aromatic nitrogens is 2. The monoisotopic (exact) mass is 340 g/mol. The van der Waals surface area contributed by atoms with Gasteiger partial charge in [-0.2, -0.15) is 0 Å². The quantitative estimate of drug-likeness (QED) is 0.576. The Hall–Kier alpha value is -2.15. The summed E-state index contributed by atoms with van der Waals surface area (Å²) >= 11 is 0. The zero-order valence-corrected chi connectivity index (χ0v) is 13.4. The Morgan fingerprint density at radius 3 is 2.57 bits per heavy atom. The number of hydrogen-bond acceptors (Lipinski definition) is 6. The van der Waals surface area contributed by atoms with Crippen LogP contribution in [0.4, 0.5) is 0 Å². The highest BCUT2D eigenvalue weighted by atomic mass is 31.2. The molecule has 9 heteroatoms. The Morgan fingerprint density at radius 1 is 1.17 bits per heavy atom. The number of para-hydroxylation sites is 1. The van der Waals surface area contributed by atoms with Crippen molar-refractivity contribution >= 4 is 7.60 Å². The van der Waals surface area contributed by atoms with Gasteiger partial charge in [0.05, 0.1) is 13.2 Å². The molecule has 0 aliphatic rings. The van der Waals surface area contributed by atoms with E-state index in [-0.39, 0.29) is 19.5 Å². The van der Waals surface area contributed by atoms with Crippen molar-refractivity contribution in [1.29, 1.82) is 0 Å². The lowest BCUT2D eigenvalue weighted by Crippen LogP contribution is -2.29. The molecule has 124 valence electrons. The van der Waals surface area contributed by atoms with Crippen LogP contribution in [0, 0.1) is 0 Å². The molecular weight excluding hydrogens is 323 g/mol. The number of benzene rings is 1. The SMILES string of the molecule is COP(=O)(COCCn1ccc(=O)[nH]c1=O)Oc1ccccc1. The maximum atomic E-state index is 12.4. The zero-order chi connectivity index (χ0) is 16.7. The zero-order valence-electron chi connectivity index (χ0n) is 12.5. The Morgan fingerprint density at radius 2 is 1.91 bits per heavy atom. The summed E-state index contributed by atoms with van der Waals surface area (Å²) in [6, 6.07) is 9.86. The van der Waals surface area contributed by atoms with Crippen molar-refractivity contribution in [2.24, 2.45) is 0 Å². The molecule has 0 saturated heterocycles. The Bertz CT molecular complexity index is 786. The fourth-order valence-corrected chi connectivity index (χ4v) is 2.75. The maximum absolute atomic E-state index is 12.4. The second-order valence-corrected chi connectivity index (χ2v) is 6.57. The molecule has 0 aliphatic carbocycles. The molecule has 0 fully saturated rings. The van der Waals surface area contributed by atoms with Crippen molar-refractivity contribution in [3.63, 3.8) is 0 Å². The molecule has 1 aromatic carbocycles. The van der Waals surface area contributed by atoms with E-state index in [0.29, 0.717) is 5.75 Å². The third-order valence-electron chi connectivity index (χ3n) is 2.89. The molecule has 0 spiro atoms. The van der Waals surface area contributed by atoms with E-state index >= 15 is 0 Å². The molecule has 0 aliphatic heterocycles. The molecule has 1 aromatic heterocycles. The largest absolute Gasteiger partial charge is 0.423 e. The van der Waals surface area contributed by atoms with Crippen LogP contribution >= 0.6 is 7.60 Å². The molecule has 1 atom stereocenters. The number of aromatic amines is 1. The summed E-state index contributed by atoms with van der Waals surface area (Å²) in [5.41, 5.74) is -0.996. The van der Waals surface area contributed by atoms with E-state index in [0.717, 1.165) is 0 Å². The van der Waals surface area contributed by atoms with E-state index in [4.69, 9.17) is 13.8 Å². The molecule has 0 amide bonds. The van der Waals surface area contributed by atoms with E-state index in [1.807, 2.05) is 6.07 Å². The molecular formula is C14H17N2O6P. The molecule has 1 N–H and O–H groups in total. The smallest absolute Gasteiger partial charge is 0.404 e. The average Bonchev–Trinajstić information content (AvgIpc) is 2.54. The van der Waals surface area contributed by atoms with Gasteiger partial charge in [-0.25, -0.2) is 9.36 Å². The van der Waals surface area contributed by atoms with Gasteiger partial charge in [-0.3, -0.25) is 14.3 Å². The predicted molar refractivity (Wildman–Crippen MR) is 83.8 cm³/mol. The van der Waals surface area contributed by atoms with Gasteiger partial charge in [-0.05, 0) is 12.1 Å². The first-order valence-corrected chi connectivity index (χ1v) is 8.52. The number of ether oxygens (including phenoxy) is 1. The third-order valence-corrected chi connectivity index (χ3v) is 4.43. The van der Waals surface area contributed by atoms with E-state index in [1.54, 1.807) is 24.3 Å². The minimum Gasteiger partial charge on any atom is -0.423 e. The maximum Gasteiger partial charge on any atom is 0.404 e. The third kappa shape index (κ3) is 5.21. The summed E-state index contributed by atoms with van der Waals surface area (Å²) in [5, 5.41) is 0. The van der Waals surface area contributed by atoms with E-state index in [9.17, 15) is 14.2 Å². The lowest BCUT2D eigenvalue weighted by molar-refractivity contribution is 0.144. The summed E-state index contributed by atoms with van der Waals surface area (Å²) in [7, 11) is -2.15. The molecule has 2 aromatic rings. The summed E-state index contributed by atoms with van der Waals surface area (Å²) in [5.74, 6) is 0.415. The van der Waals surface area contributed by atoms with E-state index in [1.165, 1.54) is 23.9 Å². The van der Waals surface area contributed by atoms with Crippen LogP contribution in [0.5, 0.6) is 5.75 Å². The number of nitrogens with one attached hydrogen (secondary N) is 1. The van der Waals surface area contributed by atoms with Crippen LogP contribution in [0.1, 0.15) is 0 Å². The predicted octanol–water partition coefficient (Wildman–Crippen LogP) is 1.43. The van der Waals surface area contributed by atoms with Crippen LogP contribution in [0.3, 0.4) is 0 Å². The molecule has 0 bridgehead atoms. The molecule has 1 unspecified atom stereocenters. The van der Waals surface area contributed by atoms with Gasteiger partial charge in [0.1, 0.15) is 5.75 Å². The molecule has 8 nitrogen and oxygen atoms in total. The Kier molecular flexibility index (Phi) is 5.92. The minimum absolute atomic E-state index is 0.109. The van der Waals surface area contributed by atoms with Gasteiger partial charge >= 0.3 is 13.3 Å². The van der Waals surface area contributed by atoms with Crippen molar-refractivity contribution in [2.75, 3.05) is 20.1 Å². The average molecular weight is 340 g/mol. The second kappa shape index (κ2) is 7.92. The number of rotatable bonds is 8. The van der Waals surface area contributed by atoms with Crippen molar-refractivity contribution in [3.05, 3.63) is 63.4 Å². The van der Waals surface area contributed by atoms with Crippen molar-refractivity contribution in [3.8, 4) is 5.75 Å². The molecule has 2 rings (SSSR count). The highest BCUT2D eigenvalue weighted by molar-refractivity contribution is 7.54. The van der Waals surface area contributed by atoms with Crippen LogP contribution < -0.4 is 15.8 Å². The number of hydrogen-bond donors (Lipinski definition) is 1. The topological polar surface area (TPSA) is 99.6 Å². The number of H-pyrrole nitrogens is 1. The summed E-state index contributed by atoms with van der Waals surface area (Å²) < 4.78 is 29.2. The van der Waals surface area contributed by atoms with Crippen LogP contribution in [0.25, 0.3) is 0 Å². The van der Waals surface area contributed by atoms with Crippen LogP contribution in [-0.4, -0.2) is 29.6 Å². The van der Waals surface area contributed by atoms with Crippen LogP contribution in [0.15, 0.2) is 52.2 Å². The Labute approximate surface area is 132 Å². The fourth-order valence-electron chi connectivity index (χ4n) is 1.72. The molecule has 0 radical (unpaired) electrons. The van der Waals surface area contributed by atoms with Gasteiger partial charge < -0.3 is 13.8 Å². The van der Waals surface area contributed by atoms with E-state index < -0.39 is 18.8 Å². The fraction of sp³-hybridized carbons (Fsp3) is 0.286. The standard InChI is InChI=1S/C14H17N2O6P/c1-20-23(19,22-12-5-3-2-4-6-12)11-21-10-9-16-8-7-13(17)15-14(16)18/h2-8H,9-11H2,1H3,(H,15,17,18). The van der Waals surface area contributed by atoms with Gasteiger partial charge in [-0.1, -0.05) is 18.2 Å². The van der Waals surface area contributed by atoms with Gasteiger partial charge in [-0.15, -0.1) is 0 Å².